The Balaban J connectivity index is 2.07. The summed E-state index contributed by atoms with van der Waals surface area (Å²) in [7, 11) is 0. The number of hydrogen-bond acceptors (Lipinski definition) is 3. The van der Waals surface area contributed by atoms with Gasteiger partial charge in [-0.3, -0.25) is 4.68 Å². The maximum atomic E-state index is 12.5. The third-order valence-corrected chi connectivity index (χ3v) is 3.34. The predicted molar refractivity (Wildman–Crippen MR) is 72.8 cm³/mol. The molecule has 0 aromatic carbocycles. The number of anilines is 1. The molecule has 2 aromatic rings. The highest BCUT2D eigenvalue weighted by Crippen LogP contribution is 2.19. The van der Waals surface area contributed by atoms with E-state index in [2.05, 4.69) is 29.4 Å². The highest BCUT2D eigenvalue weighted by molar-refractivity contribution is 5.45. The van der Waals surface area contributed by atoms with Gasteiger partial charge in [0, 0.05) is 12.2 Å². The molecule has 5 nitrogen and oxygen atoms in total. The van der Waals surface area contributed by atoms with Crippen molar-refractivity contribution in [2.24, 2.45) is 0 Å². The second-order valence-electron chi connectivity index (χ2n) is 4.76. The van der Waals surface area contributed by atoms with Crippen LogP contribution in [-0.4, -0.2) is 19.6 Å². The van der Waals surface area contributed by atoms with Crippen molar-refractivity contribution in [1.82, 2.24) is 19.6 Å². The van der Waals surface area contributed by atoms with Crippen molar-refractivity contribution < 1.29 is 8.78 Å². The lowest BCUT2D eigenvalue weighted by atomic mass is 10.2. The van der Waals surface area contributed by atoms with Crippen molar-refractivity contribution in [3.63, 3.8) is 0 Å². The Labute approximate surface area is 116 Å². The number of rotatable bonds is 6. The van der Waals surface area contributed by atoms with Crippen molar-refractivity contribution in [3.05, 3.63) is 29.8 Å². The largest absolute Gasteiger partial charge is 0.377 e. The molecule has 2 aromatic heterocycles. The molecule has 0 amide bonds. The molecule has 0 saturated carbocycles. The smallest absolute Gasteiger partial charge is 0.333 e. The quantitative estimate of drug-likeness (QED) is 0.884. The van der Waals surface area contributed by atoms with Gasteiger partial charge in [0.05, 0.1) is 29.8 Å². The maximum Gasteiger partial charge on any atom is 0.333 e. The first-order valence-corrected chi connectivity index (χ1v) is 6.63. The van der Waals surface area contributed by atoms with E-state index in [0.717, 1.165) is 12.1 Å². The summed E-state index contributed by atoms with van der Waals surface area (Å²) in [6.45, 7) is 3.81. The Kier molecular flexibility index (Phi) is 4.36. The number of halogens is 2. The van der Waals surface area contributed by atoms with Crippen LogP contribution in [0.2, 0.25) is 0 Å². The van der Waals surface area contributed by atoms with Crippen LogP contribution in [0.1, 0.15) is 44.2 Å². The molecular formula is C13H19F2N5. The van der Waals surface area contributed by atoms with Gasteiger partial charge in [0.1, 0.15) is 0 Å². The molecular weight excluding hydrogens is 264 g/mol. The van der Waals surface area contributed by atoms with Crippen LogP contribution < -0.4 is 5.32 Å². The fourth-order valence-electron chi connectivity index (χ4n) is 1.99. The van der Waals surface area contributed by atoms with Gasteiger partial charge in [0.15, 0.2) is 0 Å². The Hall–Kier alpha value is -1.92. The Morgan fingerprint density at radius 2 is 2.15 bits per heavy atom. The normalized spacial score (nSPS) is 12.9. The monoisotopic (exact) mass is 283 g/mol. The lowest BCUT2D eigenvalue weighted by Gasteiger charge is -2.14. The van der Waals surface area contributed by atoms with E-state index in [-0.39, 0.29) is 0 Å². The lowest BCUT2D eigenvalue weighted by molar-refractivity contribution is 0.0563. The molecule has 1 N–H and O–H groups in total. The number of hydrogen-bond donors (Lipinski definition) is 1. The molecule has 20 heavy (non-hydrogen) atoms. The average Bonchev–Trinajstić information content (AvgIpc) is 3.02. The van der Waals surface area contributed by atoms with Crippen molar-refractivity contribution >= 4 is 5.69 Å². The summed E-state index contributed by atoms with van der Waals surface area (Å²) in [5.41, 5.74) is 2.19. The SMILES string of the molecule is CC[C@H](C)n1nccc1CNc1cn(C(F)F)nc1C. The zero-order valence-electron chi connectivity index (χ0n) is 11.8. The zero-order valence-corrected chi connectivity index (χ0v) is 11.8. The van der Waals surface area contributed by atoms with Crippen LogP contribution in [0.4, 0.5) is 14.5 Å². The van der Waals surface area contributed by atoms with Gasteiger partial charge in [0.2, 0.25) is 0 Å². The first-order valence-electron chi connectivity index (χ1n) is 6.63. The summed E-state index contributed by atoms with van der Waals surface area (Å²) in [6, 6.07) is 2.23. The van der Waals surface area contributed by atoms with E-state index in [1.54, 1.807) is 13.1 Å². The topological polar surface area (TPSA) is 47.7 Å². The summed E-state index contributed by atoms with van der Waals surface area (Å²) < 4.78 is 27.7. The van der Waals surface area contributed by atoms with Gasteiger partial charge in [-0.15, -0.1) is 0 Å². The molecule has 110 valence electrons. The fraction of sp³-hybridized carbons (Fsp3) is 0.538. The minimum atomic E-state index is -2.62. The number of aryl methyl sites for hydroxylation is 1. The van der Waals surface area contributed by atoms with Gasteiger partial charge in [-0.1, -0.05) is 6.92 Å². The van der Waals surface area contributed by atoms with Crippen LogP contribution >= 0.6 is 0 Å². The van der Waals surface area contributed by atoms with Gasteiger partial charge >= 0.3 is 6.55 Å². The van der Waals surface area contributed by atoms with E-state index >= 15 is 0 Å². The molecule has 2 heterocycles. The Bertz CT molecular complexity index is 561. The number of alkyl halides is 2. The van der Waals surface area contributed by atoms with E-state index in [9.17, 15) is 8.78 Å². The minimum absolute atomic E-state index is 0.312. The molecule has 0 saturated heterocycles. The van der Waals surface area contributed by atoms with E-state index < -0.39 is 6.55 Å². The van der Waals surface area contributed by atoms with Crippen LogP contribution in [0.3, 0.4) is 0 Å². The molecule has 0 aliphatic heterocycles. The number of nitrogens with zero attached hydrogens (tertiary/aromatic N) is 4. The highest BCUT2D eigenvalue weighted by atomic mass is 19.3. The molecule has 1 atom stereocenters. The van der Waals surface area contributed by atoms with Crippen molar-refractivity contribution in [2.75, 3.05) is 5.32 Å². The molecule has 2 rings (SSSR count). The zero-order chi connectivity index (χ0) is 14.7. The molecule has 0 aliphatic carbocycles. The van der Waals surface area contributed by atoms with Gasteiger partial charge in [-0.2, -0.15) is 19.0 Å². The van der Waals surface area contributed by atoms with Crippen molar-refractivity contribution in [3.8, 4) is 0 Å². The van der Waals surface area contributed by atoms with E-state index in [1.807, 2.05) is 10.7 Å². The van der Waals surface area contributed by atoms with E-state index in [1.165, 1.54) is 6.20 Å². The minimum Gasteiger partial charge on any atom is -0.377 e. The number of aromatic nitrogens is 4. The van der Waals surface area contributed by atoms with Crippen LogP contribution in [0, 0.1) is 6.92 Å². The number of nitrogens with one attached hydrogen (secondary N) is 1. The summed E-state index contributed by atoms with van der Waals surface area (Å²) in [6.07, 6.45) is 4.06. The lowest BCUT2D eigenvalue weighted by Crippen LogP contribution is -2.12. The Morgan fingerprint density at radius 1 is 1.40 bits per heavy atom. The van der Waals surface area contributed by atoms with Crippen LogP contribution in [-0.2, 0) is 6.54 Å². The van der Waals surface area contributed by atoms with Crippen molar-refractivity contribution in [1.29, 1.82) is 0 Å². The van der Waals surface area contributed by atoms with Crippen LogP contribution in [0.25, 0.3) is 0 Å². The van der Waals surface area contributed by atoms with Gasteiger partial charge in [-0.25, -0.2) is 4.68 Å². The van der Waals surface area contributed by atoms with Gasteiger partial charge in [0.25, 0.3) is 0 Å². The summed E-state index contributed by atoms with van der Waals surface area (Å²) >= 11 is 0. The molecule has 0 aliphatic rings. The van der Waals surface area contributed by atoms with Gasteiger partial charge < -0.3 is 5.32 Å². The van der Waals surface area contributed by atoms with Crippen LogP contribution in [0.5, 0.6) is 0 Å². The van der Waals surface area contributed by atoms with E-state index in [0.29, 0.717) is 28.6 Å². The van der Waals surface area contributed by atoms with Gasteiger partial charge in [-0.05, 0) is 26.3 Å². The standard InChI is InChI=1S/C13H19F2N5/c1-4-9(2)20-11(5-6-17-20)7-16-12-8-19(13(14)15)18-10(12)3/h5-6,8-9,13,16H,4,7H2,1-3H3/t9-/m0/s1. The molecule has 0 unspecified atom stereocenters. The summed E-state index contributed by atoms with van der Waals surface area (Å²) in [5.74, 6) is 0. The summed E-state index contributed by atoms with van der Waals surface area (Å²) in [5, 5.41) is 11.2. The second-order valence-corrected chi connectivity index (χ2v) is 4.76. The third-order valence-electron chi connectivity index (χ3n) is 3.34. The average molecular weight is 283 g/mol. The molecule has 7 heteroatoms. The maximum absolute atomic E-state index is 12.5. The molecule has 0 radical (unpaired) electrons. The fourth-order valence-corrected chi connectivity index (χ4v) is 1.99. The molecule has 0 spiro atoms. The van der Waals surface area contributed by atoms with Crippen LogP contribution in [0.15, 0.2) is 18.5 Å². The highest BCUT2D eigenvalue weighted by Gasteiger charge is 2.12. The van der Waals surface area contributed by atoms with Crippen molar-refractivity contribution in [2.45, 2.75) is 46.3 Å². The Morgan fingerprint density at radius 3 is 2.75 bits per heavy atom. The first kappa shape index (κ1) is 14.5. The second kappa shape index (κ2) is 6.02. The first-order chi connectivity index (χ1) is 9.52. The summed E-state index contributed by atoms with van der Waals surface area (Å²) in [4.78, 5) is 0. The third kappa shape index (κ3) is 2.97. The van der Waals surface area contributed by atoms with E-state index in [4.69, 9.17) is 0 Å². The molecule has 0 bridgehead atoms. The molecule has 0 fully saturated rings. The predicted octanol–water partition coefficient (Wildman–Crippen LogP) is 3.37.